The van der Waals surface area contributed by atoms with Crippen LogP contribution in [0.2, 0.25) is 0 Å². The first-order valence-electron chi connectivity index (χ1n) is 7.82. The van der Waals surface area contributed by atoms with Crippen LogP contribution >= 0.6 is 11.3 Å². The minimum Gasteiger partial charge on any atom is -0.494 e. The summed E-state index contributed by atoms with van der Waals surface area (Å²) in [6.07, 6.45) is 0.513. The van der Waals surface area contributed by atoms with Crippen molar-refractivity contribution < 1.29 is 18.3 Å². The molecule has 0 aliphatic rings. The van der Waals surface area contributed by atoms with Crippen LogP contribution in [-0.2, 0) is 6.42 Å². The molecule has 0 saturated carbocycles. The molecule has 0 aliphatic carbocycles. The molecule has 0 aliphatic heterocycles. The van der Waals surface area contributed by atoms with Gasteiger partial charge in [-0.05, 0) is 36.8 Å². The molecule has 7 heteroatoms. The highest BCUT2D eigenvalue weighted by molar-refractivity contribution is 7.14. The fraction of sp³-hybridized carbons (Fsp3) is 0.158. The Morgan fingerprint density at radius 2 is 1.85 bits per heavy atom. The summed E-state index contributed by atoms with van der Waals surface area (Å²) in [4.78, 5) is 17.4. The summed E-state index contributed by atoms with van der Waals surface area (Å²) in [5.41, 5.74) is 1.89. The smallest absolute Gasteiger partial charge is 0.267 e. The fourth-order valence-electron chi connectivity index (χ4n) is 2.46. The van der Waals surface area contributed by atoms with E-state index in [0.29, 0.717) is 22.7 Å². The number of nitrogens with zero attached hydrogens (tertiary/aromatic N) is 1. The molecule has 0 bridgehead atoms. The predicted molar refractivity (Wildman–Crippen MR) is 97.0 cm³/mol. The van der Waals surface area contributed by atoms with E-state index < -0.39 is 5.82 Å². The first-order chi connectivity index (χ1) is 12.5. The number of amides is 1. The summed E-state index contributed by atoms with van der Waals surface area (Å²) in [5, 5.41) is 3.48. The minimum absolute atomic E-state index is 0.243. The summed E-state index contributed by atoms with van der Waals surface area (Å²) < 4.78 is 31.4. The number of benzene rings is 2. The van der Waals surface area contributed by atoms with Gasteiger partial charge in [0.15, 0.2) is 0 Å². The van der Waals surface area contributed by atoms with E-state index in [2.05, 4.69) is 10.3 Å². The average Bonchev–Trinajstić information content (AvgIpc) is 2.99. The maximum atomic E-state index is 13.3. The number of nitrogens with one attached hydrogen (secondary N) is 1. The number of anilines is 1. The van der Waals surface area contributed by atoms with Crippen molar-refractivity contribution in [2.24, 2.45) is 0 Å². The van der Waals surface area contributed by atoms with Crippen molar-refractivity contribution >= 4 is 22.9 Å². The molecule has 26 heavy (non-hydrogen) atoms. The van der Waals surface area contributed by atoms with Gasteiger partial charge < -0.3 is 10.1 Å². The fourth-order valence-corrected chi connectivity index (χ4v) is 3.46. The zero-order chi connectivity index (χ0) is 18.7. The van der Waals surface area contributed by atoms with Crippen molar-refractivity contribution in [1.82, 2.24) is 4.98 Å². The quantitative estimate of drug-likeness (QED) is 0.711. The van der Waals surface area contributed by atoms with E-state index in [1.165, 1.54) is 48.8 Å². The number of carbonyl (C=O) groups is 1. The van der Waals surface area contributed by atoms with Crippen molar-refractivity contribution in [2.75, 3.05) is 12.4 Å². The van der Waals surface area contributed by atoms with Crippen LogP contribution in [-0.4, -0.2) is 18.0 Å². The molecule has 0 fully saturated rings. The molecule has 3 rings (SSSR count). The van der Waals surface area contributed by atoms with Crippen molar-refractivity contribution in [3.63, 3.8) is 0 Å². The Balaban J connectivity index is 1.78. The lowest BCUT2D eigenvalue weighted by atomic mass is 10.1. The topological polar surface area (TPSA) is 51.2 Å². The molecule has 134 valence electrons. The molecule has 1 aromatic heterocycles. The van der Waals surface area contributed by atoms with Crippen molar-refractivity contribution in [3.8, 4) is 5.75 Å². The maximum absolute atomic E-state index is 13.3. The number of halogens is 2. The third-order valence-electron chi connectivity index (χ3n) is 3.73. The van der Waals surface area contributed by atoms with Crippen LogP contribution in [0, 0.1) is 18.6 Å². The number of hydrogen-bond acceptors (Lipinski definition) is 4. The summed E-state index contributed by atoms with van der Waals surface area (Å²) in [6, 6.07) is 10.1. The highest BCUT2D eigenvalue weighted by Crippen LogP contribution is 2.27. The molecule has 2 aromatic carbocycles. The zero-order valence-electron chi connectivity index (χ0n) is 14.2. The Morgan fingerprint density at radius 1 is 1.15 bits per heavy atom. The van der Waals surface area contributed by atoms with Crippen LogP contribution in [0.3, 0.4) is 0 Å². The second kappa shape index (κ2) is 7.61. The molecule has 1 amide bonds. The van der Waals surface area contributed by atoms with Crippen molar-refractivity contribution in [1.29, 1.82) is 0 Å². The van der Waals surface area contributed by atoms with Gasteiger partial charge in [0.25, 0.3) is 5.91 Å². The SMILES string of the molecule is COc1cc(F)ccc1NC(=O)c1sc(Cc2ccc(F)cc2)nc1C. The lowest BCUT2D eigenvalue weighted by Crippen LogP contribution is -2.12. The monoisotopic (exact) mass is 374 g/mol. The number of aryl methyl sites for hydroxylation is 1. The molecule has 1 N–H and O–H groups in total. The maximum Gasteiger partial charge on any atom is 0.267 e. The number of ether oxygens (including phenoxy) is 1. The highest BCUT2D eigenvalue weighted by atomic mass is 32.1. The standard InChI is InChI=1S/C19H16F2N2O2S/c1-11-18(19(24)23-15-8-7-14(21)10-16(15)25-2)26-17(22-11)9-12-3-5-13(20)6-4-12/h3-8,10H,9H2,1-2H3,(H,23,24). The predicted octanol–water partition coefficient (Wildman–Crippen LogP) is 4.58. The van der Waals surface area contributed by atoms with Gasteiger partial charge in [-0.25, -0.2) is 13.8 Å². The van der Waals surface area contributed by atoms with E-state index in [0.717, 1.165) is 10.6 Å². The Hall–Kier alpha value is -2.80. The molecule has 1 heterocycles. The van der Waals surface area contributed by atoms with Gasteiger partial charge in [-0.2, -0.15) is 0 Å². The van der Waals surface area contributed by atoms with Crippen LogP contribution in [0.15, 0.2) is 42.5 Å². The van der Waals surface area contributed by atoms with Gasteiger partial charge >= 0.3 is 0 Å². The van der Waals surface area contributed by atoms with Crippen LogP contribution in [0.25, 0.3) is 0 Å². The molecule has 0 spiro atoms. The second-order valence-electron chi connectivity index (χ2n) is 5.62. The molecular weight excluding hydrogens is 358 g/mol. The van der Waals surface area contributed by atoms with Crippen LogP contribution in [0.5, 0.6) is 5.75 Å². The van der Waals surface area contributed by atoms with E-state index in [1.54, 1.807) is 19.1 Å². The van der Waals surface area contributed by atoms with Gasteiger partial charge in [-0.15, -0.1) is 11.3 Å². The van der Waals surface area contributed by atoms with Crippen LogP contribution in [0.4, 0.5) is 14.5 Å². The summed E-state index contributed by atoms with van der Waals surface area (Å²) in [6.45, 7) is 1.75. The van der Waals surface area contributed by atoms with E-state index in [1.807, 2.05) is 0 Å². The average molecular weight is 374 g/mol. The number of rotatable bonds is 5. The second-order valence-corrected chi connectivity index (χ2v) is 6.71. The Morgan fingerprint density at radius 3 is 2.54 bits per heavy atom. The molecule has 4 nitrogen and oxygen atoms in total. The van der Waals surface area contributed by atoms with E-state index >= 15 is 0 Å². The van der Waals surface area contributed by atoms with Gasteiger partial charge in [-0.1, -0.05) is 12.1 Å². The zero-order valence-corrected chi connectivity index (χ0v) is 15.0. The lowest BCUT2D eigenvalue weighted by Gasteiger charge is -2.09. The third kappa shape index (κ3) is 4.05. The van der Waals surface area contributed by atoms with E-state index in [-0.39, 0.29) is 17.5 Å². The molecule has 0 atom stereocenters. The highest BCUT2D eigenvalue weighted by Gasteiger charge is 2.17. The Labute approximate surface area is 153 Å². The molecule has 0 unspecified atom stereocenters. The summed E-state index contributed by atoms with van der Waals surface area (Å²) in [5.74, 6) is -0.838. The lowest BCUT2D eigenvalue weighted by molar-refractivity contribution is 0.102. The summed E-state index contributed by atoms with van der Waals surface area (Å²) in [7, 11) is 1.41. The number of thiazole rings is 1. The molecule has 3 aromatic rings. The van der Waals surface area contributed by atoms with Gasteiger partial charge in [0, 0.05) is 12.5 Å². The van der Waals surface area contributed by atoms with Crippen LogP contribution < -0.4 is 10.1 Å². The minimum atomic E-state index is -0.449. The number of aromatic nitrogens is 1. The van der Waals surface area contributed by atoms with Gasteiger partial charge in [-0.3, -0.25) is 4.79 Å². The number of methoxy groups -OCH3 is 1. The third-order valence-corrected chi connectivity index (χ3v) is 4.88. The molecular formula is C19H16F2N2O2S. The van der Waals surface area contributed by atoms with Gasteiger partial charge in [0.2, 0.25) is 0 Å². The first-order valence-corrected chi connectivity index (χ1v) is 8.63. The molecule has 0 saturated heterocycles. The molecule has 0 radical (unpaired) electrons. The van der Waals surface area contributed by atoms with Crippen molar-refractivity contribution in [3.05, 3.63) is 75.2 Å². The van der Waals surface area contributed by atoms with E-state index in [4.69, 9.17) is 4.74 Å². The number of carbonyl (C=O) groups excluding carboxylic acids is 1. The Bertz CT molecular complexity index is 939. The first kappa shape index (κ1) is 18.0. The summed E-state index contributed by atoms with van der Waals surface area (Å²) >= 11 is 1.27. The number of hydrogen-bond donors (Lipinski definition) is 1. The van der Waals surface area contributed by atoms with E-state index in [9.17, 15) is 13.6 Å². The van der Waals surface area contributed by atoms with Crippen molar-refractivity contribution in [2.45, 2.75) is 13.3 Å². The van der Waals surface area contributed by atoms with Gasteiger partial charge in [0.1, 0.15) is 22.3 Å². The Kier molecular flexibility index (Phi) is 5.27. The largest absolute Gasteiger partial charge is 0.494 e. The van der Waals surface area contributed by atoms with Gasteiger partial charge in [0.05, 0.1) is 23.5 Å². The normalized spacial score (nSPS) is 10.6. The van der Waals surface area contributed by atoms with Crippen LogP contribution in [0.1, 0.15) is 25.9 Å².